The molecule has 120 valence electrons. The fourth-order valence-electron chi connectivity index (χ4n) is 1.68. The second-order valence-corrected chi connectivity index (χ2v) is 4.94. The van der Waals surface area contributed by atoms with Gasteiger partial charge in [0.2, 0.25) is 0 Å². The number of halogens is 4. The molecule has 0 bridgehead atoms. The number of esters is 1. The van der Waals surface area contributed by atoms with Gasteiger partial charge in [-0.05, 0) is 29.8 Å². The standard InChI is InChI=1S/C16H11ClF3NO2/c17-14-6-4-12(9-21-14)10-23-15(22)7-5-11-2-1-3-13(8-11)16(18,19)20/h1-9H,10H2/b7-5+. The Morgan fingerprint density at radius 3 is 2.70 bits per heavy atom. The lowest BCUT2D eigenvalue weighted by molar-refractivity contribution is -0.139. The van der Waals surface area contributed by atoms with Crippen LogP contribution >= 0.6 is 11.6 Å². The molecule has 0 aliphatic heterocycles. The summed E-state index contributed by atoms with van der Waals surface area (Å²) in [5.74, 6) is -0.669. The van der Waals surface area contributed by atoms with Crippen molar-refractivity contribution < 1.29 is 22.7 Å². The van der Waals surface area contributed by atoms with E-state index in [0.29, 0.717) is 10.7 Å². The predicted molar refractivity (Wildman–Crippen MR) is 79.5 cm³/mol. The molecule has 1 aromatic carbocycles. The number of pyridine rings is 1. The van der Waals surface area contributed by atoms with E-state index in [2.05, 4.69) is 4.98 Å². The number of nitrogens with zero attached hydrogens (tertiary/aromatic N) is 1. The van der Waals surface area contributed by atoms with Gasteiger partial charge in [0, 0.05) is 17.8 Å². The zero-order valence-electron chi connectivity index (χ0n) is 11.7. The molecule has 23 heavy (non-hydrogen) atoms. The van der Waals surface area contributed by atoms with Gasteiger partial charge in [0.25, 0.3) is 0 Å². The molecule has 0 atom stereocenters. The van der Waals surface area contributed by atoms with Crippen molar-refractivity contribution in [2.24, 2.45) is 0 Å². The van der Waals surface area contributed by atoms with Gasteiger partial charge in [-0.25, -0.2) is 9.78 Å². The summed E-state index contributed by atoms with van der Waals surface area (Å²) in [6.45, 7) is -0.00403. The van der Waals surface area contributed by atoms with Crippen LogP contribution in [0, 0.1) is 0 Å². The van der Waals surface area contributed by atoms with Gasteiger partial charge in [0.15, 0.2) is 0 Å². The van der Waals surface area contributed by atoms with Crippen LogP contribution in [-0.4, -0.2) is 11.0 Å². The Morgan fingerprint density at radius 2 is 2.04 bits per heavy atom. The van der Waals surface area contributed by atoms with Gasteiger partial charge in [0.1, 0.15) is 11.8 Å². The molecule has 2 rings (SSSR count). The van der Waals surface area contributed by atoms with E-state index >= 15 is 0 Å². The van der Waals surface area contributed by atoms with Gasteiger partial charge in [-0.1, -0.05) is 29.8 Å². The highest BCUT2D eigenvalue weighted by Gasteiger charge is 2.30. The zero-order valence-corrected chi connectivity index (χ0v) is 12.4. The van der Waals surface area contributed by atoms with E-state index < -0.39 is 17.7 Å². The van der Waals surface area contributed by atoms with E-state index in [1.807, 2.05) is 0 Å². The normalized spacial score (nSPS) is 11.7. The summed E-state index contributed by atoms with van der Waals surface area (Å²) >= 11 is 5.63. The summed E-state index contributed by atoms with van der Waals surface area (Å²) in [4.78, 5) is 15.4. The lowest BCUT2D eigenvalue weighted by Gasteiger charge is -2.06. The Hall–Kier alpha value is -2.34. The van der Waals surface area contributed by atoms with Crippen molar-refractivity contribution in [3.63, 3.8) is 0 Å². The molecule has 0 fully saturated rings. The molecule has 0 spiro atoms. The first-order valence-corrected chi connectivity index (χ1v) is 6.85. The minimum atomic E-state index is -4.42. The fourth-order valence-corrected chi connectivity index (χ4v) is 1.79. The molecule has 0 amide bonds. The molecule has 0 saturated carbocycles. The second-order valence-electron chi connectivity index (χ2n) is 4.55. The van der Waals surface area contributed by atoms with E-state index in [4.69, 9.17) is 16.3 Å². The van der Waals surface area contributed by atoms with Gasteiger partial charge in [0.05, 0.1) is 5.56 Å². The maximum absolute atomic E-state index is 12.6. The average molecular weight is 342 g/mol. The van der Waals surface area contributed by atoms with Crippen LogP contribution in [0.25, 0.3) is 6.08 Å². The highest BCUT2D eigenvalue weighted by Crippen LogP contribution is 2.29. The van der Waals surface area contributed by atoms with Gasteiger partial charge < -0.3 is 4.74 Å². The maximum Gasteiger partial charge on any atom is 0.416 e. The minimum absolute atomic E-state index is 0.00403. The van der Waals surface area contributed by atoms with Crippen molar-refractivity contribution in [1.29, 1.82) is 0 Å². The number of benzene rings is 1. The Kier molecular flexibility index (Phi) is 5.39. The molecular formula is C16H11ClF3NO2. The quantitative estimate of drug-likeness (QED) is 0.466. The largest absolute Gasteiger partial charge is 0.458 e. The molecule has 1 heterocycles. The van der Waals surface area contributed by atoms with E-state index in [1.54, 1.807) is 12.1 Å². The Bertz CT molecular complexity index is 712. The number of ether oxygens (including phenoxy) is 1. The highest BCUT2D eigenvalue weighted by molar-refractivity contribution is 6.29. The van der Waals surface area contributed by atoms with Crippen LogP contribution in [0.4, 0.5) is 13.2 Å². The molecule has 0 N–H and O–H groups in total. The Balaban J connectivity index is 1.94. The first-order valence-electron chi connectivity index (χ1n) is 6.47. The summed E-state index contributed by atoms with van der Waals surface area (Å²) in [6.07, 6.45) is -0.630. The monoisotopic (exact) mass is 341 g/mol. The fraction of sp³-hybridized carbons (Fsp3) is 0.125. The molecule has 0 aliphatic carbocycles. The SMILES string of the molecule is O=C(/C=C/c1cccc(C(F)(F)F)c1)OCc1ccc(Cl)nc1. The van der Waals surface area contributed by atoms with E-state index in [1.165, 1.54) is 24.4 Å². The maximum atomic E-state index is 12.6. The van der Waals surface area contributed by atoms with Gasteiger partial charge in [-0.15, -0.1) is 0 Å². The van der Waals surface area contributed by atoms with Crippen LogP contribution in [0.3, 0.4) is 0 Å². The van der Waals surface area contributed by atoms with Crippen molar-refractivity contribution in [2.75, 3.05) is 0 Å². The smallest absolute Gasteiger partial charge is 0.416 e. The third-order valence-corrected chi connectivity index (χ3v) is 3.02. The van der Waals surface area contributed by atoms with E-state index in [-0.39, 0.29) is 12.2 Å². The molecule has 0 radical (unpaired) electrons. The summed E-state index contributed by atoms with van der Waals surface area (Å²) in [5.41, 5.74) is 0.125. The van der Waals surface area contributed by atoms with E-state index in [0.717, 1.165) is 18.2 Å². The van der Waals surface area contributed by atoms with Crippen molar-refractivity contribution >= 4 is 23.6 Å². The van der Waals surface area contributed by atoms with Crippen molar-refractivity contribution in [3.05, 3.63) is 70.5 Å². The van der Waals surface area contributed by atoms with Crippen LogP contribution in [0.2, 0.25) is 5.15 Å². The number of rotatable bonds is 4. The summed E-state index contributed by atoms with van der Waals surface area (Å²) in [6, 6.07) is 7.85. The first-order chi connectivity index (χ1) is 10.8. The summed E-state index contributed by atoms with van der Waals surface area (Å²) in [5, 5.41) is 0.324. The number of hydrogen-bond donors (Lipinski definition) is 0. The van der Waals surface area contributed by atoms with E-state index in [9.17, 15) is 18.0 Å². The molecule has 3 nitrogen and oxygen atoms in total. The molecular weight excluding hydrogens is 331 g/mol. The highest BCUT2D eigenvalue weighted by atomic mass is 35.5. The van der Waals surface area contributed by atoms with Crippen LogP contribution in [0.1, 0.15) is 16.7 Å². The molecule has 1 aromatic heterocycles. The van der Waals surface area contributed by atoms with Gasteiger partial charge >= 0.3 is 12.1 Å². The topological polar surface area (TPSA) is 39.2 Å². The molecule has 7 heteroatoms. The average Bonchev–Trinajstić information content (AvgIpc) is 2.52. The number of aromatic nitrogens is 1. The number of hydrogen-bond acceptors (Lipinski definition) is 3. The lowest BCUT2D eigenvalue weighted by Crippen LogP contribution is -2.04. The van der Waals surface area contributed by atoms with Crippen molar-refractivity contribution in [3.8, 4) is 0 Å². The number of carbonyl (C=O) groups excluding carboxylic acids is 1. The lowest BCUT2D eigenvalue weighted by atomic mass is 10.1. The van der Waals surface area contributed by atoms with Crippen LogP contribution in [-0.2, 0) is 22.3 Å². The molecule has 0 unspecified atom stereocenters. The number of alkyl halides is 3. The molecule has 0 saturated heterocycles. The molecule has 2 aromatic rings. The zero-order chi connectivity index (χ0) is 16.9. The van der Waals surface area contributed by atoms with Crippen molar-refractivity contribution in [1.82, 2.24) is 4.98 Å². The first kappa shape index (κ1) is 17.0. The summed E-state index contributed by atoms with van der Waals surface area (Å²) < 4.78 is 42.7. The Morgan fingerprint density at radius 1 is 1.26 bits per heavy atom. The Labute approximate surface area is 135 Å². The van der Waals surface area contributed by atoms with Gasteiger partial charge in [-0.2, -0.15) is 13.2 Å². The second kappa shape index (κ2) is 7.28. The van der Waals surface area contributed by atoms with Crippen LogP contribution < -0.4 is 0 Å². The summed E-state index contributed by atoms with van der Waals surface area (Å²) in [7, 11) is 0. The van der Waals surface area contributed by atoms with Crippen LogP contribution in [0.15, 0.2) is 48.7 Å². The van der Waals surface area contributed by atoms with Gasteiger partial charge in [-0.3, -0.25) is 0 Å². The predicted octanol–water partition coefficient (Wildman–Crippen LogP) is 4.51. The molecule has 0 aliphatic rings. The van der Waals surface area contributed by atoms with Crippen molar-refractivity contribution in [2.45, 2.75) is 12.8 Å². The van der Waals surface area contributed by atoms with Crippen LogP contribution in [0.5, 0.6) is 0 Å². The third-order valence-electron chi connectivity index (χ3n) is 2.80. The number of carbonyl (C=O) groups is 1. The third kappa shape index (κ3) is 5.41. The minimum Gasteiger partial charge on any atom is -0.458 e.